The van der Waals surface area contributed by atoms with Gasteiger partial charge in [0.15, 0.2) is 0 Å². The number of amides is 1. The summed E-state index contributed by atoms with van der Waals surface area (Å²) in [7, 11) is 0. The van der Waals surface area contributed by atoms with Gasteiger partial charge in [-0.3, -0.25) is 9.59 Å². The number of aromatic amines is 1. The highest BCUT2D eigenvalue weighted by Gasteiger charge is 2.18. The summed E-state index contributed by atoms with van der Waals surface area (Å²) in [6.45, 7) is 0.165. The largest absolute Gasteiger partial charge is 0.346 e. The molecule has 0 aliphatic rings. The topological polar surface area (TPSA) is 106 Å². The van der Waals surface area contributed by atoms with Crippen molar-refractivity contribution in [3.8, 4) is 0 Å². The van der Waals surface area contributed by atoms with Gasteiger partial charge in [-0.2, -0.15) is 11.8 Å². The first-order valence-electron chi connectivity index (χ1n) is 9.71. The quantitative estimate of drug-likeness (QED) is 0.452. The smallest absolute Gasteiger partial charge is 0.277 e. The molecule has 2 heterocycles. The molecule has 30 heavy (non-hydrogen) atoms. The highest BCUT2D eigenvalue weighted by atomic mass is 32.2. The summed E-state index contributed by atoms with van der Waals surface area (Å²) in [5.41, 5.74) is 2.11. The van der Waals surface area contributed by atoms with Crippen molar-refractivity contribution in [1.82, 2.24) is 30.3 Å². The van der Waals surface area contributed by atoms with E-state index in [1.165, 1.54) is 4.68 Å². The Bertz CT molecular complexity index is 1200. The molecule has 8 nitrogen and oxygen atoms in total. The van der Waals surface area contributed by atoms with Crippen LogP contribution in [0, 0.1) is 0 Å². The van der Waals surface area contributed by atoms with Crippen LogP contribution in [0.25, 0.3) is 21.9 Å². The minimum Gasteiger partial charge on any atom is -0.346 e. The highest BCUT2D eigenvalue weighted by Crippen LogP contribution is 2.20. The van der Waals surface area contributed by atoms with E-state index in [9.17, 15) is 9.59 Å². The number of carbonyl (C=O) groups is 1. The van der Waals surface area contributed by atoms with Gasteiger partial charge in [0.05, 0.1) is 29.0 Å². The third-order valence-electron chi connectivity index (χ3n) is 4.86. The number of rotatable bonds is 8. The molecule has 9 heteroatoms. The van der Waals surface area contributed by atoms with Crippen molar-refractivity contribution < 1.29 is 4.79 Å². The minimum absolute atomic E-state index is 0.128. The summed E-state index contributed by atoms with van der Waals surface area (Å²) in [6, 6.07) is 14.6. The molecule has 2 aromatic carbocycles. The maximum Gasteiger partial charge on any atom is 0.277 e. The van der Waals surface area contributed by atoms with Gasteiger partial charge < -0.3 is 10.3 Å². The molecular formula is C21H22N6O2S. The molecule has 0 aliphatic heterocycles. The van der Waals surface area contributed by atoms with Gasteiger partial charge in [-0.15, -0.1) is 5.10 Å². The monoisotopic (exact) mass is 422 g/mol. The molecule has 2 N–H and O–H groups in total. The van der Waals surface area contributed by atoms with Crippen molar-refractivity contribution >= 4 is 39.6 Å². The average Bonchev–Trinajstić information content (AvgIpc) is 3.20. The van der Waals surface area contributed by atoms with Crippen molar-refractivity contribution in [2.24, 2.45) is 0 Å². The molecule has 4 aromatic rings. The summed E-state index contributed by atoms with van der Waals surface area (Å²) in [5.74, 6) is 1.46. The molecule has 0 unspecified atom stereocenters. The van der Waals surface area contributed by atoms with Crippen LogP contribution < -0.4 is 10.9 Å². The van der Waals surface area contributed by atoms with Crippen LogP contribution in [0.2, 0.25) is 0 Å². The summed E-state index contributed by atoms with van der Waals surface area (Å²) in [6.07, 6.45) is 2.91. The predicted molar refractivity (Wildman–Crippen MR) is 118 cm³/mol. The number of benzene rings is 2. The number of imidazole rings is 1. The zero-order chi connectivity index (χ0) is 20.9. The van der Waals surface area contributed by atoms with Crippen LogP contribution in [0.4, 0.5) is 0 Å². The van der Waals surface area contributed by atoms with Gasteiger partial charge in [-0.25, -0.2) is 9.67 Å². The second-order valence-corrected chi connectivity index (χ2v) is 7.91. The van der Waals surface area contributed by atoms with Crippen LogP contribution in [0.5, 0.6) is 0 Å². The van der Waals surface area contributed by atoms with Crippen molar-refractivity contribution in [3.05, 3.63) is 64.7 Å². The highest BCUT2D eigenvalue weighted by molar-refractivity contribution is 7.98. The SMILES string of the molecule is CSCC[C@H](NC(=O)CCn1nnc2ccccc2c1=O)c1nc2ccccc2[nH]1. The number of hydrogen-bond acceptors (Lipinski definition) is 6. The molecule has 0 radical (unpaired) electrons. The fraction of sp³-hybridized carbons (Fsp3) is 0.286. The number of nitrogens with zero attached hydrogens (tertiary/aromatic N) is 4. The fourth-order valence-electron chi connectivity index (χ4n) is 3.29. The molecular weight excluding hydrogens is 400 g/mol. The summed E-state index contributed by atoms with van der Waals surface area (Å²) in [4.78, 5) is 33.1. The van der Waals surface area contributed by atoms with Gasteiger partial charge >= 0.3 is 0 Å². The lowest BCUT2D eigenvalue weighted by Crippen LogP contribution is -2.32. The Hall–Kier alpha value is -3.20. The van der Waals surface area contributed by atoms with Crippen LogP contribution in [0.3, 0.4) is 0 Å². The predicted octanol–water partition coefficient (Wildman–Crippen LogP) is 2.67. The normalized spacial score (nSPS) is 12.3. The Kier molecular flexibility index (Phi) is 6.08. The van der Waals surface area contributed by atoms with Crippen LogP contribution in [-0.4, -0.2) is 42.9 Å². The second-order valence-electron chi connectivity index (χ2n) is 6.93. The number of carbonyl (C=O) groups excluding carboxylic acids is 1. The van der Waals surface area contributed by atoms with Crippen LogP contribution in [0.15, 0.2) is 53.3 Å². The van der Waals surface area contributed by atoms with E-state index in [0.717, 1.165) is 29.0 Å². The zero-order valence-electron chi connectivity index (χ0n) is 16.5. The standard InChI is InChI=1S/C21H22N6O2S/c1-30-13-11-18(20-23-16-8-4-5-9-17(16)24-20)22-19(28)10-12-27-21(29)14-6-2-3-7-15(14)25-26-27/h2-9,18H,10-13H2,1H3,(H,22,28)(H,23,24)/t18-/m0/s1. The third kappa shape index (κ3) is 4.35. The van der Waals surface area contributed by atoms with E-state index in [2.05, 4.69) is 25.6 Å². The van der Waals surface area contributed by atoms with E-state index in [4.69, 9.17) is 0 Å². The number of aromatic nitrogens is 5. The lowest BCUT2D eigenvalue weighted by atomic mass is 10.2. The van der Waals surface area contributed by atoms with E-state index in [0.29, 0.717) is 10.9 Å². The first kappa shape index (κ1) is 20.1. The Morgan fingerprint density at radius 2 is 1.93 bits per heavy atom. The van der Waals surface area contributed by atoms with Crippen LogP contribution in [-0.2, 0) is 11.3 Å². The molecule has 1 amide bonds. The molecule has 4 rings (SSSR count). The molecule has 0 fully saturated rings. The van der Waals surface area contributed by atoms with Crippen molar-refractivity contribution in [2.75, 3.05) is 12.0 Å². The summed E-state index contributed by atoms with van der Waals surface area (Å²) in [5, 5.41) is 11.5. The van der Waals surface area contributed by atoms with Gasteiger partial charge in [0, 0.05) is 6.42 Å². The Labute approximate surface area is 177 Å². The first-order valence-corrected chi connectivity index (χ1v) is 11.1. The number of nitrogens with one attached hydrogen (secondary N) is 2. The second kappa shape index (κ2) is 9.08. The van der Waals surface area contributed by atoms with Crippen molar-refractivity contribution in [1.29, 1.82) is 0 Å². The van der Waals surface area contributed by atoms with Crippen LogP contribution >= 0.6 is 11.8 Å². The number of aryl methyl sites for hydroxylation is 1. The van der Waals surface area contributed by atoms with Gasteiger partial charge in [-0.1, -0.05) is 29.5 Å². The maximum atomic E-state index is 12.6. The zero-order valence-corrected chi connectivity index (χ0v) is 17.4. The van der Waals surface area contributed by atoms with Gasteiger partial charge in [0.25, 0.3) is 5.56 Å². The fourth-order valence-corrected chi connectivity index (χ4v) is 3.77. The lowest BCUT2D eigenvalue weighted by Gasteiger charge is -2.16. The van der Waals surface area contributed by atoms with Crippen molar-refractivity contribution in [2.45, 2.75) is 25.4 Å². The summed E-state index contributed by atoms with van der Waals surface area (Å²) < 4.78 is 1.24. The lowest BCUT2D eigenvalue weighted by molar-refractivity contribution is -0.122. The van der Waals surface area contributed by atoms with Gasteiger partial charge in [-0.05, 0) is 42.7 Å². The molecule has 0 saturated carbocycles. The van der Waals surface area contributed by atoms with Crippen molar-refractivity contribution in [3.63, 3.8) is 0 Å². The van der Waals surface area contributed by atoms with E-state index in [1.807, 2.05) is 30.5 Å². The van der Waals surface area contributed by atoms with E-state index in [-0.39, 0.29) is 30.5 Å². The molecule has 1 atom stereocenters. The summed E-state index contributed by atoms with van der Waals surface area (Å²) >= 11 is 1.72. The number of hydrogen-bond donors (Lipinski definition) is 2. The molecule has 154 valence electrons. The minimum atomic E-state index is -0.246. The molecule has 2 aromatic heterocycles. The number of H-pyrrole nitrogens is 1. The molecule has 0 bridgehead atoms. The third-order valence-corrected chi connectivity index (χ3v) is 5.51. The first-order chi connectivity index (χ1) is 14.7. The molecule has 0 aliphatic carbocycles. The van der Waals surface area contributed by atoms with Gasteiger partial charge in [0.2, 0.25) is 5.91 Å². The van der Waals surface area contributed by atoms with E-state index >= 15 is 0 Å². The molecule has 0 saturated heterocycles. The van der Waals surface area contributed by atoms with E-state index < -0.39 is 0 Å². The Morgan fingerprint density at radius 3 is 2.73 bits per heavy atom. The molecule has 0 spiro atoms. The number of para-hydroxylation sites is 2. The van der Waals surface area contributed by atoms with Gasteiger partial charge in [0.1, 0.15) is 11.3 Å². The number of fused-ring (bicyclic) bond motifs is 2. The maximum absolute atomic E-state index is 12.6. The number of thioether (sulfide) groups is 1. The Morgan fingerprint density at radius 1 is 1.17 bits per heavy atom. The average molecular weight is 423 g/mol. The van der Waals surface area contributed by atoms with Crippen LogP contribution in [0.1, 0.15) is 24.7 Å². The Balaban J connectivity index is 1.46. The van der Waals surface area contributed by atoms with E-state index in [1.54, 1.807) is 36.0 Å².